The van der Waals surface area contributed by atoms with Crippen molar-refractivity contribution in [1.82, 2.24) is 9.80 Å². The number of rotatable bonds is 4. The van der Waals surface area contributed by atoms with E-state index in [2.05, 4.69) is 28.6 Å². The van der Waals surface area contributed by atoms with Gasteiger partial charge in [0.15, 0.2) is 5.75 Å². The van der Waals surface area contributed by atoms with Gasteiger partial charge in [-0.05, 0) is 31.2 Å². The summed E-state index contributed by atoms with van der Waals surface area (Å²) in [4.78, 5) is 8.63. The molecule has 1 aliphatic rings. The van der Waals surface area contributed by atoms with Crippen LogP contribution in [-0.4, -0.2) is 42.5 Å². The van der Waals surface area contributed by atoms with Crippen molar-refractivity contribution in [3.63, 3.8) is 0 Å². The van der Waals surface area contributed by atoms with Gasteiger partial charge in [-0.2, -0.15) is 0 Å². The van der Waals surface area contributed by atoms with Crippen LogP contribution in [0.3, 0.4) is 0 Å². The second-order valence-electron chi connectivity index (χ2n) is 4.79. The molecule has 3 nitrogen and oxygen atoms in total. The van der Waals surface area contributed by atoms with Crippen molar-refractivity contribution in [3.05, 3.63) is 29.8 Å². The van der Waals surface area contributed by atoms with Crippen molar-refractivity contribution >= 4 is 0 Å². The van der Waals surface area contributed by atoms with Gasteiger partial charge in [0.05, 0.1) is 0 Å². The molecule has 18 heavy (non-hydrogen) atoms. The maximum absolute atomic E-state index is 12.0. The first kappa shape index (κ1) is 13.3. The molecule has 1 saturated heterocycles. The Bertz CT molecular complexity index is 361. The number of halogens is 1. The summed E-state index contributed by atoms with van der Waals surface area (Å²) < 4.78 is 12.0. The normalized spacial score (nSPS) is 19.7. The maximum Gasteiger partial charge on any atom is 0.171 e. The minimum atomic E-state index is 0.266. The number of hydrogen-bond donors (Lipinski definition) is 0. The molecule has 0 saturated carbocycles. The molecule has 0 amide bonds. The highest BCUT2D eigenvalue weighted by atomic mass is 19.3. The topological polar surface area (TPSA) is 15.7 Å². The molecule has 1 heterocycles. The van der Waals surface area contributed by atoms with E-state index in [1.807, 2.05) is 12.1 Å². The fourth-order valence-corrected chi connectivity index (χ4v) is 2.48. The van der Waals surface area contributed by atoms with E-state index in [-0.39, 0.29) is 5.75 Å². The lowest BCUT2D eigenvalue weighted by Gasteiger charge is -2.37. The first-order valence-corrected chi connectivity index (χ1v) is 6.59. The first-order valence-electron chi connectivity index (χ1n) is 6.59. The van der Waals surface area contributed by atoms with Gasteiger partial charge in [0.1, 0.15) is 0 Å². The van der Waals surface area contributed by atoms with E-state index in [0.717, 1.165) is 32.7 Å². The highest BCUT2D eigenvalue weighted by molar-refractivity contribution is 5.28. The van der Waals surface area contributed by atoms with Crippen molar-refractivity contribution in [1.29, 1.82) is 0 Å². The predicted octanol–water partition coefficient (Wildman–Crippen LogP) is 2.65. The van der Waals surface area contributed by atoms with Gasteiger partial charge in [0.25, 0.3) is 0 Å². The Balaban J connectivity index is 1.96. The highest BCUT2D eigenvalue weighted by Crippen LogP contribution is 2.23. The number of benzene rings is 1. The van der Waals surface area contributed by atoms with E-state index in [1.54, 1.807) is 12.1 Å². The Morgan fingerprint density at radius 1 is 1.17 bits per heavy atom. The molecule has 1 atom stereocenters. The molecule has 0 spiro atoms. The van der Waals surface area contributed by atoms with E-state index >= 15 is 0 Å². The van der Waals surface area contributed by atoms with E-state index in [9.17, 15) is 4.53 Å². The second-order valence-corrected chi connectivity index (χ2v) is 4.79. The minimum absolute atomic E-state index is 0.266. The fraction of sp³-hybridized carbons (Fsp3) is 0.571. The second kappa shape index (κ2) is 6.16. The van der Waals surface area contributed by atoms with Crippen LogP contribution in [0.4, 0.5) is 4.53 Å². The van der Waals surface area contributed by atoms with Crippen LogP contribution in [0.25, 0.3) is 0 Å². The third-order valence-corrected chi connectivity index (χ3v) is 3.85. The predicted molar refractivity (Wildman–Crippen MR) is 70.3 cm³/mol. The molecule has 1 aliphatic heterocycles. The van der Waals surface area contributed by atoms with Gasteiger partial charge in [0.2, 0.25) is 0 Å². The number of piperazine rings is 1. The molecule has 1 unspecified atom stereocenters. The average molecular weight is 252 g/mol. The standard InChI is InChI=1S/C14H21FN2O/c1-3-16-8-10-17(11-9-16)12(2)13-4-6-14(18-15)7-5-13/h4-7,12H,3,8-11H2,1-2H3. The van der Waals surface area contributed by atoms with E-state index in [4.69, 9.17) is 0 Å². The fourth-order valence-electron chi connectivity index (χ4n) is 2.48. The summed E-state index contributed by atoms with van der Waals surface area (Å²) in [6.45, 7) is 9.98. The molecule has 1 fully saturated rings. The van der Waals surface area contributed by atoms with E-state index < -0.39 is 0 Å². The van der Waals surface area contributed by atoms with Gasteiger partial charge >= 0.3 is 0 Å². The quantitative estimate of drug-likeness (QED) is 0.819. The van der Waals surface area contributed by atoms with Crippen molar-refractivity contribution in [3.8, 4) is 5.75 Å². The zero-order chi connectivity index (χ0) is 13.0. The van der Waals surface area contributed by atoms with Gasteiger partial charge in [-0.15, -0.1) is 0 Å². The van der Waals surface area contributed by atoms with Crippen LogP contribution >= 0.6 is 0 Å². The molecule has 1 aromatic rings. The van der Waals surface area contributed by atoms with Crippen LogP contribution < -0.4 is 4.94 Å². The van der Waals surface area contributed by atoms with Crippen LogP contribution in [0, 0.1) is 0 Å². The lowest BCUT2D eigenvalue weighted by Crippen LogP contribution is -2.46. The third-order valence-electron chi connectivity index (χ3n) is 3.85. The Hall–Kier alpha value is -1.13. The molecule has 0 N–H and O–H groups in total. The zero-order valence-electron chi connectivity index (χ0n) is 11.1. The van der Waals surface area contributed by atoms with Crippen molar-refractivity contribution < 1.29 is 9.47 Å². The van der Waals surface area contributed by atoms with Crippen LogP contribution in [0.15, 0.2) is 24.3 Å². The third kappa shape index (κ3) is 3.00. The molecule has 1 aromatic carbocycles. The number of likely N-dealkylation sites (N-methyl/N-ethyl adjacent to an activating group) is 1. The molecule has 0 aliphatic carbocycles. The largest absolute Gasteiger partial charge is 0.301 e. The van der Waals surface area contributed by atoms with E-state index in [0.29, 0.717) is 6.04 Å². The lowest BCUT2D eigenvalue weighted by molar-refractivity contribution is -0.00626. The molecule has 0 radical (unpaired) electrons. The summed E-state index contributed by atoms with van der Waals surface area (Å²) in [5, 5.41) is 0. The van der Waals surface area contributed by atoms with Crippen molar-refractivity contribution in [2.24, 2.45) is 0 Å². The SMILES string of the molecule is CCN1CCN(C(C)c2ccc(OF)cc2)CC1. The summed E-state index contributed by atoms with van der Waals surface area (Å²) in [7, 11) is 0. The lowest BCUT2D eigenvalue weighted by atomic mass is 10.1. The van der Waals surface area contributed by atoms with Crippen LogP contribution in [-0.2, 0) is 0 Å². The molecular formula is C14H21FN2O. The summed E-state index contributed by atoms with van der Waals surface area (Å²) >= 11 is 0. The van der Waals surface area contributed by atoms with Crippen molar-refractivity contribution in [2.45, 2.75) is 19.9 Å². The Labute approximate surface area is 108 Å². The number of nitrogens with zero attached hydrogens (tertiary/aromatic N) is 2. The van der Waals surface area contributed by atoms with Gasteiger partial charge < -0.3 is 4.90 Å². The average Bonchev–Trinajstić information content (AvgIpc) is 2.47. The number of hydrogen-bond acceptors (Lipinski definition) is 3. The molecular weight excluding hydrogens is 231 g/mol. The molecule has 0 aromatic heterocycles. The summed E-state index contributed by atoms with van der Waals surface area (Å²) in [5.74, 6) is 0.266. The minimum Gasteiger partial charge on any atom is -0.301 e. The molecule has 2 rings (SSSR count). The van der Waals surface area contributed by atoms with Gasteiger partial charge in [0, 0.05) is 36.7 Å². The molecule has 100 valence electrons. The molecule has 4 heteroatoms. The van der Waals surface area contributed by atoms with Crippen molar-refractivity contribution in [2.75, 3.05) is 32.7 Å². The monoisotopic (exact) mass is 252 g/mol. The van der Waals surface area contributed by atoms with Crippen LogP contribution in [0.1, 0.15) is 25.5 Å². The Morgan fingerprint density at radius 3 is 2.28 bits per heavy atom. The first-order chi connectivity index (χ1) is 8.74. The summed E-state index contributed by atoms with van der Waals surface area (Å²) in [6.07, 6.45) is 0. The zero-order valence-corrected chi connectivity index (χ0v) is 11.1. The van der Waals surface area contributed by atoms with E-state index in [1.165, 1.54) is 5.56 Å². The highest BCUT2D eigenvalue weighted by Gasteiger charge is 2.21. The summed E-state index contributed by atoms with van der Waals surface area (Å²) in [6, 6.07) is 7.59. The Morgan fingerprint density at radius 2 is 1.78 bits per heavy atom. The van der Waals surface area contributed by atoms with Crippen LogP contribution in [0.2, 0.25) is 0 Å². The molecule has 0 bridgehead atoms. The summed E-state index contributed by atoms with van der Waals surface area (Å²) in [5.41, 5.74) is 1.21. The van der Waals surface area contributed by atoms with Gasteiger partial charge in [-0.3, -0.25) is 9.84 Å². The maximum atomic E-state index is 12.0. The van der Waals surface area contributed by atoms with Crippen LogP contribution in [0.5, 0.6) is 5.75 Å². The van der Waals surface area contributed by atoms with Gasteiger partial charge in [-0.25, -0.2) is 0 Å². The Kier molecular flexibility index (Phi) is 4.55. The smallest absolute Gasteiger partial charge is 0.171 e. The van der Waals surface area contributed by atoms with Gasteiger partial charge in [-0.1, -0.05) is 19.1 Å².